The van der Waals surface area contributed by atoms with Crippen molar-refractivity contribution in [3.05, 3.63) is 35.4 Å². The zero-order valence-corrected chi connectivity index (χ0v) is 12.2. The summed E-state index contributed by atoms with van der Waals surface area (Å²) in [5.41, 5.74) is 2.81. The summed E-state index contributed by atoms with van der Waals surface area (Å²) in [6, 6.07) is 9.36. The number of hydrogen-bond donors (Lipinski definition) is 1. The monoisotopic (exact) mass is 249 g/mol. The van der Waals surface area contributed by atoms with Crippen molar-refractivity contribution in [3.8, 4) is 0 Å². The van der Waals surface area contributed by atoms with Crippen molar-refractivity contribution in [2.45, 2.75) is 52.2 Å². The number of aryl methyl sites for hydroxylation is 1. The summed E-state index contributed by atoms with van der Waals surface area (Å²) < 4.78 is 5.33. The van der Waals surface area contributed by atoms with E-state index in [0.29, 0.717) is 12.1 Å². The minimum Gasteiger partial charge on any atom is -0.382 e. The Hall–Kier alpha value is -0.860. The summed E-state index contributed by atoms with van der Waals surface area (Å²) in [5, 5.41) is 3.57. The first-order chi connectivity index (χ1) is 8.71. The molecule has 0 fully saturated rings. The average molecular weight is 249 g/mol. The summed E-state index contributed by atoms with van der Waals surface area (Å²) in [6.07, 6.45) is 3.64. The van der Waals surface area contributed by atoms with Crippen LogP contribution in [0.5, 0.6) is 0 Å². The van der Waals surface area contributed by atoms with Crippen molar-refractivity contribution in [3.63, 3.8) is 0 Å². The molecule has 102 valence electrons. The fraction of sp³-hybridized carbons (Fsp3) is 0.625. The zero-order chi connectivity index (χ0) is 13.4. The molecule has 1 aromatic carbocycles. The lowest BCUT2D eigenvalue weighted by atomic mass is 9.98. The maximum Gasteiger partial charge on any atom is 0.0543 e. The highest BCUT2D eigenvalue weighted by Crippen LogP contribution is 2.21. The van der Waals surface area contributed by atoms with Crippen LogP contribution in [-0.2, 0) is 11.2 Å². The van der Waals surface area contributed by atoms with Crippen LogP contribution in [0, 0.1) is 0 Å². The molecule has 2 heteroatoms. The first-order valence-corrected chi connectivity index (χ1v) is 7.06. The second kappa shape index (κ2) is 8.28. The first kappa shape index (κ1) is 15.2. The molecule has 0 saturated heterocycles. The van der Waals surface area contributed by atoms with E-state index in [1.165, 1.54) is 11.1 Å². The molecule has 0 radical (unpaired) electrons. The molecule has 0 aliphatic heterocycles. The van der Waals surface area contributed by atoms with E-state index in [1.807, 2.05) is 0 Å². The SMILES string of the molecule is CCNC(CCC(C)OC)c1cccc(CC)c1. The van der Waals surface area contributed by atoms with Gasteiger partial charge in [-0.05, 0) is 43.9 Å². The highest BCUT2D eigenvalue weighted by molar-refractivity contribution is 5.26. The Morgan fingerprint density at radius 1 is 1.22 bits per heavy atom. The van der Waals surface area contributed by atoms with E-state index in [0.717, 1.165) is 25.8 Å². The smallest absolute Gasteiger partial charge is 0.0543 e. The lowest BCUT2D eigenvalue weighted by molar-refractivity contribution is 0.106. The Balaban J connectivity index is 2.69. The normalized spacial score (nSPS) is 14.4. The van der Waals surface area contributed by atoms with Gasteiger partial charge in [0.25, 0.3) is 0 Å². The molecule has 0 aromatic heterocycles. The predicted octanol–water partition coefficient (Wildman–Crippen LogP) is 3.71. The Bertz CT molecular complexity index is 338. The Kier molecular flexibility index (Phi) is 6.99. The van der Waals surface area contributed by atoms with Gasteiger partial charge in [0, 0.05) is 13.2 Å². The van der Waals surface area contributed by atoms with Gasteiger partial charge in [-0.3, -0.25) is 0 Å². The van der Waals surface area contributed by atoms with E-state index in [-0.39, 0.29) is 0 Å². The number of hydrogen-bond acceptors (Lipinski definition) is 2. The molecule has 0 saturated carbocycles. The molecular weight excluding hydrogens is 222 g/mol. The average Bonchev–Trinajstić information content (AvgIpc) is 2.43. The molecule has 1 N–H and O–H groups in total. The molecule has 2 unspecified atom stereocenters. The van der Waals surface area contributed by atoms with Gasteiger partial charge >= 0.3 is 0 Å². The lowest BCUT2D eigenvalue weighted by Crippen LogP contribution is -2.22. The fourth-order valence-corrected chi connectivity index (χ4v) is 2.18. The Morgan fingerprint density at radius 2 is 2.00 bits per heavy atom. The van der Waals surface area contributed by atoms with E-state index >= 15 is 0 Å². The van der Waals surface area contributed by atoms with E-state index in [1.54, 1.807) is 7.11 Å². The van der Waals surface area contributed by atoms with Gasteiger partial charge in [-0.15, -0.1) is 0 Å². The molecule has 1 rings (SSSR count). The summed E-state index contributed by atoms with van der Waals surface area (Å²) in [4.78, 5) is 0. The van der Waals surface area contributed by atoms with Crippen LogP contribution in [0.2, 0.25) is 0 Å². The predicted molar refractivity (Wildman–Crippen MR) is 77.9 cm³/mol. The first-order valence-electron chi connectivity index (χ1n) is 7.06. The molecule has 0 heterocycles. The van der Waals surface area contributed by atoms with Crippen LogP contribution in [0.25, 0.3) is 0 Å². The molecule has 0 amide bonds. The lowest BCUT2D eigenvalue weighted by Gasteiger charge is -2.20. The molecule has 0 aliphatic carbocycles. The van der Waals surface area contributed by atoms with Gasteiger partial charge < -0.3 is 10.1 Å². The van der Waals surface area contributed by atoms with Crippen LogP contribution in [-0.4, -0.2) is 19.8 Å². The quantitative estimate of drug-likeness (QED) is 0.758. The fourth-order valence-electron chi connectivity index (χ4n) is 2.18. The van der Waals surface area contributed by atoms with Gasteiger partial charge in [-0.2, -0.15) is 0 Å². The second-order valence-corrected chi connectivity index (χ2v) is 4.83. The standard InChI is InChI=1S/C16H27NO/c1-5-14-8-7-9-15(12-14)16(17-6-2)11-10-13(3)18-4/h7-9,12-13,16-17H,5-6,10-11H2,1-4H3. The number of nitrogens with one attached hydrogen (secondary N) is 1. The molecule has 2 nitrogen and oxygen atoms in total. The highest BCUT2D eigenvalue weighted by Gasteiger charge is 2.12. The highest BCUT2D eigenvalue weighted by atomic mass is 16.5. The number of methoxy groups -OCH3 is 1. The van der Waals surface area contributed by atoms with E-state index in [2.05, 4.69) is 50.4 Å². The molecule has 1 aromatic rings. The Labute approximate surface area is 112 Å². The third-order valence-corrected chi connectivity index (χ3v) is 3.48. The second-order valence-electron chi connectivity index (χ2n) is 4.83. The van der Waals surface area contributed by atoms with Crippen LogP contribution >= 0.6 is 0 Å². The van der Waals surface area contributed by atoms with Crippen LogP contribution in [0.15, 0.2) is 24.3 Å². The maximum atomic E-state index is 5.33. The maximum absolute atomic E-state index is 5.33. The van der Waals surface area contributed by atoms with Crippen molar-refractivity contribution in [1.29, 1.82) is 0 Å². The van der Waals surface area contributed by atoms with E-state index in [4.69, 9.17) is 4.74 Å². The summed E-state index contributed by atoms with van der Waals surface area (Å²) in [6.45, 7) is 7.50. The number of benzene rings is 1. The van der Waals surface area contributed by atoms with E-state index < -0.39 is 0 Å². The summed E-state index contributed by atoms with van der Waals surface area (Å²) in [7, 11) is 1.78. The van der Waals surface area contributed by atoms with Gasteiger partial charge in [0.1, 0.15) is 0 Å². The van der Waals surface area contributed by atoms with Gasteiger partial charge in [-0.25, -0.2) is 0 Å². The largest absolute Gasteiger partial charge is 0.382 e. The molecule has 18 heavy (non-hydrogen) atoms. The van der Waals surface area contributed by atoms with Crippen molar-refractivity contribution in [2.24, 2.45) is 0 Å². The van der Waals surface area contributed by atoms with E-state index in [9.17, 15) is 0 Å². The van der Waals surface area contributed by atoms with Crippen molar-refractivity contribution in [1.82, 2.24) is 5.32 Å². The summed E-state index contributed by atoms with van der Waals surface area (Å²) >= 11 is 0. The molecular formula is C16H27NO. The minimum absolute atomic E-state index is 0.334. The van der Waals surface area contributed by atoms with Crippen molar-refractivity contribution < 1.29 is 4.74 Å². The topological polar surface area (TPSA) is 21.3 Å². The van der Waals surface area contributed by atoms with Crippen LogP contribution in [0.4, 0.5) is 0 Å². The Morgan fingerprint density at radius 3 is 2.61 bits per heavy atom. The van der Waals surface area contributed by atoms with Gasteiger partial charge in [0.15, 0.2) is 0 Å². The van der Waals surface area contributed by atoms with Crippen LogP contribution in [0.1, 0.15) is 50.8 Å². The molecule has 0 spiro atoms. The summed E-state index contributed by atoms with van der Waals surface area (Å²) in [5.74, 6) is 0. The van der Waals surface area contributed by atoms with Gasteiger partial charge in [0.05, 0.1) is 6.10 Å². The van der Waals surface area contributed by atoms with Gasteiger partial charge in [-0.1, -0.05) is 38.1 Å². The third kappa shape index (κ3) is 4.79. The zero-order valence-electron chi connectivity index (χ0n) is 12.2. The molecule has 2 atom stereocenters. The third-order valence-electron chi connectivity index (χ3n) is 3.48. The minimum atomic E-state index is 0.334. The van der Waals surface area contributed by atoms with Crippen LogP contribution < -0.4 is 5.32 Å². The van der Waals surface area contributed by atoms with Crippen molar-refractivity contribution >= 4 is 0 Å². The molecule has 0 bridgehead atoms. The van der Waals surface area contributed by atoms with Gasteiger partial charge in [0.2, 0.25) is 0 Å². The van der Waals surface area contributed by atoms with Crippen LogP contribution in [0.3, 0.4) is 0 Å². The number of ether oxygens (including phenoxy) is 1. The number of rotatable bonds is 8. The van der Waals surface area contributed by atoms with Crippen molar-refractivity contribution in [2.75, 3.05) is 13.7 Å². The molecule has 0 aliphatic rings.